The van der Waals surface area contributed by atoms with E-state index in [1.807, 2.05) is 24.3 Å². The third-order valence-electron chi connectivity index (χ3n) is 4.89. The van der Waals surface area contributed by atoms with Gasteiger partial charge in [0, 0.05) is 12.6 Å². The summed E-state index contributed by atoms with van der Waals surface area (Å²) in [6.07, 6.45) is 3.47. The largest absolute Gasteiger partial charge is 0.490 e. The average Bonchev–Trinajstić information content (AvgIpc) is 3.19. The summed E-state index contributed by atoms with van der Waals surface area (Å²) in [4.78, 5) is 22.5. The first-order valence-corrected chi connectivity index (χ1v) is 11.9. The number of primary amides is 1. The topological polar surface area (TPSA) is 148 Å². The Morgan fingerprint density at radius 3 is 2.68 bits per heavy atom. The van der Waals surface area contributed by atoms with E-state index in [-0.39, 0.29) is 31.6 Å². The summed E-state index contributed by atoms with van der Waals surface area (Å²) in [5.41, 5.74) is 5.77. The van der Waals surface area contributed by atoms with Crippen LogP contribution in [0.3, 0.4) is 0 Å². The third kappa shape index (κ3) is 9.11. The number of nitrogens with one attached hydrogen (secondary N) is 1. The lowest BCUT2D eigenvalue weighted by atomic mass is 10.1. The summed E-state index contributed by atoms with van der Waals surface area (Å²) < 4.78 is 38.5. The molecule has 31 heavy (non-hydrogen) atoms. The van der Waals surface area contributed by atoms with Crippen LogP contribution in [-0.4, -0.2) is 62.2 Å². The van der Waals surface area contributed by atoms with Crippen LogP contribution in [0.2, 0.25) is 0 Å². The van der Waals surface area contributed by atoms with Gasteiger partial charge in [-0.05, 0) is 56.7 Å². The van der Waals surface area contributed by atoms with E-state index < -0.39 is 34.6 Å². The predicted molar refractivity (Wildman–Crippen MR) is 114 cm³/mol. The first-order chi connectivity index (χ1) is 14.7. The molecule has 2 amide bonds. The van der Waals surface area contributed by atoms with Crippen molar-refractivity contribution in [2.75, 3.05) is 25.6 Å². The van der Waals surface area contributed by atoms with Crippen LogP contribution in [0.15, 0.2) is 24.3 Å². The van der Waals surface area contributed by atoms with Gasteiger partial charge < -0.3 is 20.3 Å². The maximum Gasteiger partial charge on any atom is 0.409 e. The minimum absolute atomic E-state index is 0.0164. The fourth-order valence-corrected chi connectivity index (χ4v) is 4.63. The molecule has 0 aliphatic heterocycles. The SMILES string of the molecule is CC(NS(=O)(=O)CCCOCN(CC(N)=O)C(=O)O)c1cccc(OC2CCCC2)c1. The molecule has 1 aliphatic carbocycles. The summed E-state index contributed by atoms with van der Waals surface area (Å²) in [5, 5.41) is 8.94. The van der Waals surface area contributed by atoms with Crippen molar-refractivity contribution in [3.8, 4) is 5.75 Å². The smallest absolute Gasteiger partial charge is 0.409 e. The molecule has 1 saturated carbocycles. The first-order valence-electron chi connectivity index (χ1n) is 10.3. The van der Waals surface area contributed by atoms with E-state index in [1.165, 1.54) is 12.8 Å². The molecule has 11 heteroatoms. The van der Waals surface area contributed by atoms with Crippen LogP contribution in [0.4, 0.5) is 4.79 Å². The number of ether oxygens (including phenoxy) is 2. The number of carbonyl (C=O) groups is 2. The zero-order valence-electron chi connectivity index (χ0n) is 17.7. The van der Waals surface area contributed by atoms with Crippen molar-refractivity contribution < 1.29 is 32.6 Å². The minimum Gasteiger partial charge on any atom is -0.490 e. The Balaban J connectivity index is 1.77. The molecule has 1 aromatic carbocycles. The second-order valence-corrected chi connectivity index (χ2v) is 9.47. The molecule has 1 unspecified atom stereocenters. The van der Waals surface area contributed by atoms with E-state index in [0.29, 0.717) is 4.90 Å². The van der Waals surface area contributed by atoms with Gasteiger partial charge in [-0.15, -0.1) is 0 Å². The summed E-state index contributed by atoms with van der Waals surface area (Å²) in [5.74, 6) is -0.245. The number of sulfonamides is 1. The fraction of sp³-hybridized carbons (Fsp3) is 0.600. The molecule has 0 bridgehead atoms. The Kier molecular flexibility index (Phi) is 9.53. The second kappa shape index (κ2) is 11.9. The lowest BCUT2D eigenvalue weighted by Crippen LogP contribution is -2.39. The molecule has 2 rings (SSSR count). The molecular formula is C20H31N3O7S. The zero-order chi connectivity index (χ0) is 22.9. The van der Waals surface area contributed by atoms with Crippen molar-refractivity contribution in [3.05, 3.63) is 29.8 Å². The van der Waals surface area contributed by atoms with Crippen molar-refractivity contribution in [1.82, 2.24) is 9.62 Å². The number of carbonyl (C=O) groups excluding carboxylic acids is 1. The highest BCUT2D eigenvalue weighted by Crippen LogP contribution is 2.26. The lowest BCUT2D eigenvalue weighted by Gasteiger charge is -2.18. The van der Waals surface area contributed by atoms with Crippen LogP contribution < -0.4 is 15.2 Å². The Labute approximate surface area is 182 Å². The van der Waals surface area contributed by atoms with Crippen LogP contribution in [-0.2, 0) is 19.6 Å². The van der Waals surface area contributed by atoms with Crippen molar-refractivity contribution in [2.24, 2.45) is 5.73 Å². The van der Waals surface area contributed by atoms with E-state index in [9.17, 15) is 18.0 Å². The van der Waals surface area contributed by atoms with Crippen LogP contribution in [0.25, 0.3) is 0 Å². The van der Waals surface area contributed by atoms with Gasteiger partial charge in [-0.3, -0.25) is 9.69 Å². The Hall–Kier alpha value is -2.37. The maximum absolute atomic E-state index is 12.4. The van der Waals surface area contributed by atoms with Crippen LogP contribution in [0, 0.1) is 0 Å². The van der Waals surface area contributed by atoms with E-state index in [0.717, 1.165) is 24.2 Å². The van der Waals surface area contributed by atoms with Gasteiger partial charge in [-0.1, -0.05) is 12.1 Å². The average molecular weight is 458 g/mol. The van der Waals surface area contributed by atoms with Gasteiger partial charge in [0.25, 0.3) is 0 Å². The molecule has 1 aliphatic rings. The third-order valence-corrected chi connectivity index (χ3v) is 6.42. The summed E-state index contributed by atoms with van der Waals surface area (Å²) in [7, 11) is -3.58. The van der Waals surface area contributed by atoms with Crippen molar-refractivity contribution in [2.45, 2.75) is 51.2 Å². The molecule has 1 aromatic rings. The molecule has 0 radical (unpaired) electrons. The van der Waals surface area contributed by atoms with Gasteiger partial charge >= 0.3 is 6.09 Å². The Morgan fingerprint density at radius 1 is 1.32 bits per heavy atom. The molecule has 10 nitrogen and oxygen atoms in total. The first kappa shape index (κ1) is 24.9. The van der Waals surface area contributed by atoms with Crippen LogP contribution >= 0.6 is 0 Å². The molecule has 0 saturated heterocycles. The normalized spacial score (nSPS) is 15.5. The highest BCUT2D eigenvalue weighted by molar-refractivity contribution is 7.89. The molecule has 0 aromatic heterocycles. The lowest BCUT2D eigenvalue weighted by molar-refractivity contribution is -0.120. The quantitative estimate of drug-likeness (QED) is 0.302. The minimum atomic E-state index is -3.58. The van der Waals surface area contributed by atoms with Gasteiger partial charge in [0.15, 0.2) is 0 Å². The number of amides is 2. The molecule has 4 N–H and O–H groups in total. The number of hydrogen-bond acceptors (Lipinski definition) is 6. The van der Waals surface area contributed by atoms with E-state index in [2.05, 4.69) is 4.72 Å². The highest BCUT2D eigenvalue weighted by atomic mass is 32.2. The van der Waals surface area contributed by atoms with Gasteiger partial charge in [-0.2, -0.15) is 0 Å². The Morgan fingerprint density at radius 2 is 2.03 bits per heavy atom. The van der Waals surface area contributed by atoms with Gasteiger partial charge in [0.2, 0.25) is 15.9 Å². The molecular weight excluding hydrogens is 426 g/mol. The Bertz CT molecular complexity index is 841. The standard InChI is InChI=1S/C20H31N3O7S/c1-15(16-6-4-9-18(12-16)30-17-7-2-3-8-17)22-31(27,28)11-5-10-29-14-23(20(25)26)13-19(21)24/h4,6,9,12,15,17,22H,2-3,5,7-8,10-11,13-14H2,1H3,(H2,21,24)(H,25,26). The fourth-order valence-electron chi connectivity index (χ4n) is 3.33. The summed E-state index contributed by atoms with van der Waals surface area (Å²) in [6.45, 7) is 0.923. The number of benzene rings is 1. The van der Waals surface area contributed by atoms with Crippen molar-refractivity contribution in [3.63, 3.8) is 0 Å². The van der Waals surface area contributed by atoms with E-state index in [4.69, 9.17) is 20.3 Å². The predicted octanol–water partition coefficient (Wildman–Crippen LogP) is 1.82. The number of rotatable bonds is 13. The van der Waals surface area contributed by atoms with Crippen molar-refractivity contribution in [1.29, 1.82) is 0 Å². The summed E-state index contributed by atoms with van der Waals surface area (Å²) in [6, 6.07) is 6.98. The van der Waals surface area contributed by atoms with Gasteiger partial charge in [-0.25, -0.2) is 17.9 Å². The molecule has 1 atom stereocenters. The van der Waals surface area contributed by atoms with Crippen LogP contribution in [0.1, 0.15) is 50.6 Å². The van der Waals surface area contributed by atoms with Gasteiger partial charge in [0.05, 0.1) is 11.9 Å². The highest BCUT2D eigenvalue weighted by Gasteiger charge is 2.19. The molecule has 0 spiro atoms. The maximum atomic E-state index is 12.4. The van der Waals surface area contributed by atoms with E-state index >= 15 is 0 Å². The van der Waals surface area contributed by atoms with Crippen molar-refractivity contribution >= 4 is 22.0 Å². The van der Waals surface area contributed by atoms with E-state index in [1.54, 1.807) is 6.92 Å². The molecule has 1 fully saturated rings. The number of nitrogens with two attached hydrogens (primary N) is 1. The number of hydrogen-bond donors (Lipinski definition) is 3. The zero-order valence-corrected chi connectivity index (χ0v) is 18.5. The molecule has 174 valence electrons. The van der Waals surface area contributed by atoms with Crippen LogP contribution in [0.5, 0.6) is 5.75 Å². The number of carboxylic acid groups (broad SMARTS) is 1. The molecule has 0 heterocycles. The summed E-state index contributed by atoms with van der Waals surface area (Å²) >= 11 is 0. The monoisotopic (exact) mass is 457 g/mol. The number of nitrogens with zero attached hydrogens (tertiary/aromatic N) is 1. The van der Waals surface area contributed by atoms with Gasteiger partial charge in [0.1, 0.15) is 19.0 Å². The second-order valence-electron chi connectivity index (χ2n) is 7.59.